The monoisotopic (exact) mass is 371 g/mol. The fourth-order valence-electron chi connectivity index (χ4n) is 2.68. The van der Waals surface area contributed by atoms with E-state index in [0.717, 1.165) is 21.2 Å². The van der Waals surface area contributed by atoms with E-state index in [0.29, 0.717) is 15.6 Å². The lowest BCUT2D eigenvalue weighted by molar-refractivity contribution is 0.0998. The van der Waals surface area contributed by atoms with Crippen LogP contribution in [-0.4, -0.2) is 5.91 Å². The summed E-state index contributed by atoms with van der Waals surface area (Å²) in [5.41, 5.74) is 2.25. The number of nitrogens with zero attached hydrogens (tertiary/aromatic N) is 1. The molecule has 1 heterocycles. The topological polar surface area (TPSA) is 20.3 Å². The zero-order valence-corrected chi connectivity index (χ0v) is 14.7. The van der Waals surface area contributed by atoms with Gasteiger partial charge < -0.3 is 0 Å². The smallest absolute Gasteiger partial charge is 0.262 e. The van der Waals surface area contributed by atoms with Gasteiger partial charge in [-0.25, -0.2) is 0 Å². The van der Waals surface area contributed by atoms with E-state index in [4.69, 9.17) is 23.2 Å². The van der Waals surface area contributed by atoms with Gasteiger partial charge in [-0.05, 0) is 42.5 Å². The second kappa shape index (κ2) is 6.17. The molecule has 5 heteroatoms. The number of carbonyl (C=O) groups is 1. The predicted molar refractivity (Wildman–Crippen MR) is 99.9 cm³/mol. The molecule has 0 spiro atoms. The molecule has 0 unspecified atom stereocenters. The van der Waals surface area contributed by atoms with Crippen LogP contribution in [0.5, 0.6) is 0 Å². The molecule has 24 heavy (non-hydrogen) atoms. The standard InChI is InChI=1S/C19H11Cl2NOS/c20-13-10-9-12(11-14(13)21)19(23)22-15-5-1-3-7-17(15)24-18-8-4-2-6-16(18)22/h1-11H. The molecule has 118 valence electrons. The van der Waals surface area contributed by atoms with E-state index in [1.54, 1.807) is 34.9 Å². The Kier molecular flexibility index (Phi) is 4.01. The van der Waals surface area contributed by atoms with Crippen LogP contribution in [-0.2, 0) is 0 Å². The fourth-order valence-corrected chi connectivity index (χ4v) is 4.04. The first kappa shape index (κ1) is 15.6. The highest BCUT2D eigenvalue weighted by atomic mass is 35.5. The number of hydrogen-bond donors (Lipinski definition) is 0. The Bertz CT molecular complexity index is 912. The Balaban J connectivity index is 1.88. The van der Waals surface area contributed by atoms with Crippen molar-refractivity contribution in [2.75, 3.05) is 4.90 Å². The summed E-state index contributed by atoms with van der Waals surface area (Å²) >= 11 is 13.7. The SMILES string of the molecule is O=C(c1ccc(Cl)c(Cl)c1)N1c2ccccc2Sc2ccccc21. The van der Waals surface area contributed by atoms with E-state index in [2.05, 4.69) is 0 Å². The number of carbonyl (C=O) groups excluding carboxylic acids is 1. The first-order valence-electron chi connectivity index (χ1n) is 7.30. The van der Waals surface area contributed by atoms with E-state index < -0.39 is 0 Å². The summed E-state index contributed by atoms with van der Waals surface area (Å²) in [7, 11) is 0. The molecule has 0 N–H and O–H groups in total. The lowest BCUT2D eigenvalue weighted by Crippen LogP contribution is -2.28. The molecule has 3 aromatic rings. The molecular formula is C19H11Cl2NOS. The number of halogens is 2. The van der Waals surface area contributed by atoms with E-state index in [-0.39, 0.29) is 5.91 Å². The van der Waals surface area contributed by atoms with Crippen LogP contribution >= 0.6 is 35.0 Å². The maximum atomic E-state index is 13.2. The van der Waals surface area contributed by atoms with Crippen LogP contribution in [0, 0.1) is 0 Å². The highest BCUT2D eigenvalue weighted by Gasteiger charge is 2.28. The van der Waals surface area contributed by atoms with Crippen molar-refractivity contribution >= 4 is 52.2 Å². The van der Waals surface area contributed by atoms with Gasteiger partial charge in [-0.3, -0.25) is 9.69 Å². The summed E-state index contributed by atoms with van der Waals surface area (Å²) in [5.74, 6) is -0.131. The van der Waals surface area contributed by atoms with E-state index in [1.165, 1.54) is 0 Å². The number of benzene rings is 3. The van der Waals surface area contributed by atoms with Crippen LogP contribution in [0.4, 0.5) is 11.4 Å². The normalized spacial score (nSPS) is 12.5. The quantitative estimate of drug-likeness (QED) is 0.490. The third kappa shape index (κ3) is 2.59. The third-order valence-corrected chi connectivity index (χ3v) is 5.67. The lowest BCUT2D eigenvalue weighted by atomic mass is 10.1. The summed E-state index contributed by atoms with van der Waals surface area (Å²) < 4.78 is 0. The molecule has 0 saturated heterocycles. The zero-order chi connectivity index (χ0) is 16.7. The minimum Gasteiger partial charge on any atom is -0.275 e. The molecule has 1 amide bonds. The van der Waals surface area contributed by atoms with Gasteiger partial charge in [0.15, 0.2) is 0 Å². The van der Waals surface area contributed by atoms with Crippen molar-refractivity contribution in [1.29, 1.82) is 0 Å². The van der Waals surface area contributed by atoms with Gasteiger partial charge in [0.2, 0.25) is 0 Å². The van der Waals surface area contributed by atoms with Crippen molar-refractivity contribution in [3.05, 3.63) is 82.3 Å². The van der Waals surface area contributed by atoms with Crippen molar-refractivity contribution in [2.45, 2.75) is 9.79 Å². The van der Waals surface area contributed by atoms with Crippen LogP contribution in [0.2, 0.25) is 10.0 Å². The third-order valence-electron chi connectivity index (χ3n) is 3.80. The summed E-state index contributed by atoms with van der Waals surface area (Å²) in [5, 5.41) is 0.804. The maximum Gasteiger partial charge on any atom is 0.262 e. The highest BCUT2D eigenvalue weighted by molar-refractivity contribution is 7.99. The Hall–Kier alpha value is -1.94. The van der Waals surface area contributed by atoms with Gasteiger partial charge in [0.05, 0.1) is 21.4 Å². The van der Waals surface area contributed by atoms with Gasteiger partial charge in [-0.1, -0.05) is 59.2 Å². The molecule has 0 atom stereocenters. The highest BCUT2D eigenvalue weighted by Crippen LogP contribution is 2.48. The largest absolute Gasteiger partial charge is 0.275 e. The minimum atomic E-state index is -0.131. The Morgan fingerprint density at radius 2 is 1.38 bits per heavy atom. The summed E-state index contributed by atoms with van der Waals surface area (Å²) in [6.45, 7) is 0. The number of hydrogen-bond acceptors (Lipinski definition) is 2. The number of para-hydroxylation sites is 2. The van der Waals surface area contributed by atoms with Crippen LogP contribution < -0.4 is 4.90 Å². The first-order chi connectivity index (χ1) is 11.6. The average Bonchev–Trinajstić information content (AvgIpc) is 2.61. The first-order valence-corrected chi connectivity index (χ1v) is 8.88. The molecule has 0 aromatic heterocycles. The molecule has 0 radical (unpaired) electrons. The van der Waals surface area contributed by atoms with Crippen LogP contribution in [0.15, 0.2) is 76.5 Å². The van der Waals surface area contributed by atoms with Gasteiger partial charge in [-0.15, -0.1) is 0 Å². The summed E-state index contributed by atoms with van der Waals surface area (Å²) in [4.78, 5) is 17.0. The van der Waals surface area contributed by atoms with Crippen molar-refractivity contribution < 1.29 is 4.79 Å². The number of rotatable bonds is 1. The van der Waals surface area contributed by atoms with Gasteiger partial charge in [0.25, 0.3) is 5.91 Å². The van der Waals surface area contributed by atoms with E-state index >= 15 is 0 Å². The van der Waals surface area contributed by atoms with Crippen molar-refractivity contribution in [3.63, 3.8) is 0 Å². The summed E-state index contributed by atoms with van der Waals surface area (Å²) in [6.07, 6.45) is 0. The molecule has 2 nitrogen and oxygen atoms in total. The minimum absolute atomic E-state index is 0.131. The Labute approximate surface area is 154 Å². The molecule has 4 rings (SSSR count). The van der Waals surface area contributed by atoms with E-state index in [9.17, 15) is 4.79 Å². The molecule has 1 aliphatic rings. The molecule has 3 aromatic carbocycles. The maximum absolute atomic E-state index is 13.2. The number of amides is 1. The number of fused-ring (bicyclic) bond motifs is 2. The van der Waals surface area contributed by atoms with E-state index in [1.807, 2.05) is 48.5 Å². The Morgan fingerprint density at radius 1 is 0.792 bits per heavy atom. The second-order valence-electron chi connectivity index (χ2n) is 5.31. The lowest BCUT2D eigenvalue weighted by Gasteiger charge is -2.31. The van der Waals surface area contributed by atoms with Crippen molar-refractivity contribution in [1.82, 2.24) is 0 Å². The molecule has 0 fully saturated rings. The van der Waals surface area contributed by atoms with Crippen LogP contribution in [0.1, 0.15) is 10.4 Å². The molecule has 0 saturated carbocycles. The average molecular weight is 372 g/mol. The van der Waals surface area contributed by atoms with Gasteiger partial charge in [0, 0.05) is 15.4 Å². The molecule has 0 bridgehead atoms. The zero-order valence-electron chi connectivity index (χ0n) is 12.4. The van der Waals surface area contributed by atoms with Gasteiger partial charge >= 0.3 is 0 Å². The van der Waals surface area contributed by atoms with Crippen molar-refractivity contribution in [3.8, 4) is 0 Å². The van der Waals surface area contributed by atoms with Crippen LogP contribution in [0.25, 0.3) is 0 Å². The molecular weight excluding hydrogens is 361 g/mol. The van der Waals surface area contributed by atoms with Gasteiger partial charge in [0.1, 0.15) is 0 Å². The van der Waals surface area contributed by atoms with Crippen LogP contribution in [0.3, 0.4) is 0 Å². The number of anilines is 2. The predicted octanol–water partition coefficient (Wildman–Crippen LogP) is 6.44. The second-order valence-corrected chi connectivity index (χ2v) is 7.21. The fraction of sp³-hybridized carbons (Fsp3) is 0. The van der Waals surface area contributed by atoms with Crippen molar-refractivity contribution in [2.24, 2.45) is 0 Å². The summed E-state index contributed by atoms with van der Waals surface area (Å²) in [6, 6.07) is 20.7. The molecule has 1 aliphatic heterocycles. The molecule has 0 aliphatic carbocycles. The van der Waals surface area contributed by atoms with Gasteiger partial charge in [-0.2, -0.15) is 0 Å². The Morgan fingerprint density at radius 3 is 1.96 bits per heavy atom.